The summed E-state index contributed by atoms with van der Waals surface area (Å²) in [7, 11) is 1.93. The summed E-state index contributed by atoms with van der Waals surface area (Å²) in [5.41, 5.74) is 16.1. The molecule has 0 radical (unpaired) electrons. The number of dihydropyridines is 1. The molecule has 3 aromatic carbocycles. The van der Waals surface area contributed by atoms with Crippen molar-refractivity contribution in [3.8, 4) is 23.3 Å². The Morgan fingerprint density at radius 2 is 1.88 bits per heavy atom. The fraction of sp³-hybridized carbons (Fsp3) is 0.469. The van der Waals surface area contributed by atoms with Crippen LogP contribution in [0, 0.1) is 23.7 Å². The van der Waals surface area contributed by atoms with Gasteiger partial charge in [0.05, 0.1) is 32.0 Å². The lowest BCUT2D eigenvalue weighted by Gasteiger charge is -2.49. The van der Waals surface area contributed by atoms with Gasteiger partial charge < -0.3 is 50.5 Å². The molecule has 1 aromatic heterocycles. The summed E-state index contributed by atoms with van der Waals surface area (Å²) in [4.78, 5) is 0. The van der Waals surface area contributed by atoms with Crippen LogP contribution in [-0.4, -0.2) is 71.7 Å². The van der Waals surface area contributed by atoms with E-state index in [2.05, 4.69) is 82.8 Å². The maximum Gasteiger partial charge on any atom is 0.161 e. The second-order valence-corrected chi connectivity index (χ2v) is 17.4. The minimum atomic E-state index is -0.635. The molecule has 59 heavy (non-hydrogen) atoms. The second kappa shape index (κ2) is 16.8. The smallest absolute Gasteiger partial charge is 0.161 e. The van der Waals surface area contributed by atoms with Gasteiger partial charge in [-0.3, -0.25) is 0 Å². The van der Waals surface area contributed by atoms with E-state index in [0.717, 1.165) is 83.0 Å². The zero-order valence-corrected chi connectivity index (χ0v) is 34.4. The number of nitrogens with one attached hydrogen (secondary N) is 2. The molecule has 4 aliphatic heterocycles. The molecule has 5 heterocycles. The summed E-state index contributed by atoms with van der Waals surface area (Å²) in [6, 6.07) is 17.0. The largest absolute Gasteiger partial charge is 0.504 e. The molecule has 0 spiro atoms. The van der Waals surface area contributed by atoms with Gasteiger partial charge >= 0.3 is 0 Å². The Labute approximate surface area is 347 Å². The predicted octanol–water partition coefficient (Wildman–Crippen LogP) is 6.17. The number of aromatic hydroxyl groups is 1. The van der Waals surface area contributed by atoms with E-state index in [-0.39, 0.29) is 36.4 Å². The molecule has 4 aromatic rings. The number of hydrogen-bond donors (Lipinski definition) is 6. The molecule has 10 heteroatoms. The van der Waals surface area contributed by atoms with E-state index in [9.17, 15) is 15.3 Å². The quantitative estimate of drug-likeness (QED) is 0.134. The number of likely N-dealkylation sites (N-methyl/N-ethyl adjacent to an activating group) is 1. The summed E-state index contributed by atoms with van der Waals surface area (Å²) in [5, 5.41) is 42.1. The average Bonchev–Trinajstić information content (AvgIpc) is 3.67. The zero-order valence-electron chi connectivity index (χ0n) is 34.4. The van der Waals surface area contributed by atoms with Crippen molar-refractivity contribution in [1.82, 2.24) is 15.2 Å². The summed E-state index contributed by atoms with van der Waals surface area (Å²) >= 11 is 0. The summed E-state index contributed by atoms with van der Waals surface area (Å²) < 4.78 is 21.8. The van der Waals surface area contributed by atoms with Crippen LogP contribution in [0.15, 0.2) is 77.6 Å². The van der Waals surface area contributed by atoms with Crippen molar-refractivity contribution in [2.75, 3.05) is 33.4 Å². The van der Waals surface area contributed by atoms with E-state index < -0.39 is 12.3 Å². The molecule has 7 N–H and O–H groups in total. The van der Waals surface area contributed by atoms with Gasteiger partial charge in [0.25, 0.3) is 0 Å². The average molecular weight is 799 g/mol. The van der Waals surface area contributed by atoms with Crippen LogP contribution in [0.1, 0.15) is 85.3 Å². The first-order chi connectivity index (χ1) is 28.7. The Balaban J connectivity index is 1.27. The van der Waals surface area contributed by atoms with Crippen molar-refractivity contribution in [2.24, 2.45) is 17.6 Å². The fourth-order valence-corrected chi connectivity index (χ4v) is 10.5. The van der Waals surface area contributed by atoms with Gasteiger partial charge in [-0.15, -0.1) is 0 Å². The van der Waals surface area contributed by atoms with Gasteiger partial charge in [0.15, 0.2) is 11.5 Å². The van der Waals surface area contributed by atoms with Gasteiger partial charge in [0.1, 0.15) is 18.6 Å². The van der Waals surface area contributed by atoms with Crippen LogP contribution in [0.3, 0.4) is 0 Å². The Morgan fingerprint density at radius 1 is 1.02 bits per heavy atom. The van der Waals surface area contributed by atoms with E-state index in [4.69, 9.17) is 19.9 Å². The van der Waals surface area contributed by atoms with Crippen molar-refractivity contribution in [1.29, 1.82) is 0 Å². The molecule has 1 saturated heterocycles. The molecule has 310 valence electrons. The molecule has 6 bridgehead atoms. The lowest BCUT2D eigenvalue weighted by Crippen LogP contribution is -2.47. The van der Waals surface area contributed by atoms with Gasteiger partial charge in [-0.25, -0.2) is 0 Å². The summed E-state index contributed by atoms with van der Waals surface area (Å²) in [6.45, 7) is 4.42. The number of rotatable bonds is 4. The number of ether oxygens (including phenoxy) is 3. The second-order valence-electron chi connectivity index (χ2n) is 17.4. The molecule has 0 amide bonds. The van der Waals surface area contributed by atoms with Gasteiger partial charge in [-0.05, 0) is 128 Å². The van der Waals surface area contributed by atoms with Crippen molar-refractivity contribution < 1.29 is 29.5 Å². The minimum Gasteiger partial charge on any atom is -0.504 e. The molecule has 1 aliphatic carbocycles. The van der Waals surface area contributed by atoms with Gasteiger partial charge in [0, 0.05) is 58.8 Å². The maximum atomic E-state index is 11.5. The molecule has 1 fully saturated rings. The third-order valence-electron chi connectivity index (χ3n) is 13.7. The van der Waals surface area contributed by atoms with Crippen molar-refractivity contribution in [2.45, 2.75) is 102 Å². The Bertz CT molecular complexity index is 2350. The molecule has 9 rings (SSSR count). The number of nitrogens with two attached hydrogens (primary N) is 1. The van der Waals surface area contributed by atoms with E-state index in [1.165, 1.54) is 16.7 Å². The standard InChI is InChI=1S/C49H58N4O6/c1-30-6-5-8-39-22-38(55)14-12-32-21-46(45(56)20-34(32)26-54)59-27-35-19-37(49-16-17-57-28-36(49)13-11-31-7-3-4-9-44(31)49)18-33-24-53(25-42(33)35)48-43(29-58-39)40(15-10-30)41(23-51-2)47(50)52-48/h3-4,7,9,18-21,24-25,30,36,38-39,47,51-52,54-56H,5-6,8,11-14,16-17,22-23,26-29,50H2,1-2H3. The number of aryl methyl sites for hydroxylation is 2. The molecule has 5 aliphatic rings. The van der Waals surface area contributed by atoms with Crippen LogP contribution in [0.25, 0.3) is 16.6 Å². The van der Waals surface area contributed by atoms with Crippen LogP contribution >= 0.6 is 0 Å². The summed E-state index contributed by atoms with van der Waals surface area (Å²) in [6.07, 6.45) is 10.1. The molecule has 6 atom stereocenters. The topological polar surface area (TPSA) is 143 Å². The molecule has 6 unspecified atom stereocenters. The highest BCUT2D eigenvalue weighted by Crippen LogP contribution is 2.52. The van der Waals surface area contributed by atoms with Crippen LogP contribution in [0.4, 0.5) is 0 Å². The predicted molar refractivity (Wildman–Crippen MR) is 230 cm³/mol. The van der Waals surface area contributed by atoms with Gasteiger partial charge in [-0.2, -0.15) is 0 Å². The number of phenolic OH excluding ortho intramolecular Hbond substituents is 1. The zero-order chi connectivity index (χ0) is 40.7. The first-order valence-corrected chi connectivity index (χ1v) is 21.6. The number of hydrogen-bond acceptors (Lipinski definition) is 9. The third kappa shape index (κ3) is 7.58. The Morgan fingerprint density at radius 3 is 2.75 bits per heavy atom. The van der Waals surface area contributed by atoms with Gasteiger partial charge in [0.2, 0.25) is 0 Å². The third-order valence-corrected chi connectivity index (χ3v) is 13.7. The minimum absolute atomic E-state index is 0.0248. The summed E-state index contributed by atoms with van der Waals surface area (Å²) in [5.74, 6) is 8.80. The van der Waals surface area contributed by atoms with Crippen LogP contribution < -0.4 is 21.1 Å². The van der Waals surface area contributed by atoms with Gasteiger partial charge in [-0.1, -0.05) is 49.1 Å². The SMILES string of the molecule is CNCC1=C2C#CC(C)CCCC3CC(O)CCc4cc(c(O)cc4CO)OCc4cc(C56CCOCC5CCc5ccccc56)cc5cn(cc45)C(=C2CO3)NC1N. The lowest BCUT2D eigenvalue weighted by atomic mass is 9.57. The number of aromatic nitrogens is 1. The first-order valence-electron chi connectivity index (χ1n) is 21.6. The fourth-order valence-electron chi connectivity index (χ4n) is 10.5. The molecule has 0 saturated carbocycles. The van der Waals surface area contributed by atoms with Crippen molar-refractivity contribution in [3.05, 3.63) is 111 Å². The molecule has 10 nitrogen and oxygen atoms in total. The number of benzene rings is 3. The van der Waals surface area contributed by atoms with E-state index in [1.807, 2.05) is 13.1 Å². The van der Waals surface area contributed by atoms with Crippen molar-refractivity contribution in [3.63, 3.8) is 0 Å². The highest BCUT2D eigenvalue weighted by atomic mass is 16.5. The number of aliphatic hydroxyl groups is 2. The number of aliphatic hydroxyl groups excluding tert-OH is 2. The van der Waals surface area contributed by atoms with Crippen LogP contribution in [0.2, 0.25) is 0 Å². The number of fused-ring (bicyclic) bond motifs is 9. The van der Waals surface area contributed by atoms with E-state index in [1.54, 1.807) is 6.07 Å². The Kier molecular flexibility index (Phi) is 11.3. The highest BCUT2D eigenvalue weighted by molar-refractivity contribution is 5.89. The lowest BCUT2D eigenvalue weighted by molar-refractivity contribution is 0.00498. The van der Waals surface area contributed by atoms with E-state index >= 15 is 0 Å². The molecular formula is C49H58N4O6. The van der Waals surface area contributed by atoms with Crippen LogP contribution in [-0.2, 0) is 40.9 Å². The molecular weight excluding hydrogens is 741 g/mol. The van der Waals surface area contributed by atoms with Crippen molar-refractivity contribution >= 4 is 16.6 Å². The Hall–Kier alpha value is -4.60. The highest BCUT2D eigenvalue weighted by Gasteiger charge is 2.47. The number of nitrogens with zero attached hydrogens (tertiary/aromatic N) is 1. The maximum absolute atomic E-state index is 11.5. The number of phenols is 1. The first kappa shape index (κ1) is 39.8. The van der Waals surface area contributed by atoms with E-state index in [0.29, 0.717) is 62.9 Å². The van der Waals surface area contributed by atoms with Crippen LogP contribution in [0.5, 0.6) is 11.5 Å². The monoisotopic (exact) mass is 798 g/mol. The normalized spacial score (nSPS) is 27.4.